The SMILES string of the molecule is COC(=O)[C@]1(C)C[C@@H]2N[C@@H]3[C@H](c4ccccc42)c2ccccc2N31. The molecule has 0 saturated carbocycles. The van der Waals surface area contributed by atoms with Crippen LogP contribution in [0.25, 0.3) is 0 Å². The second-order valence-corrected chi connectivity index (χ2v) is 7.17. The summed E-state index contributed by atoms with van der Waals surface area (Å²) in [5.41, 5.74) is 4.47. The largest absolute Gasteiger partial charge is 0.467 e. The first-order valence-corrected chi connectivity index (χ1v) is 8.47. The number of hydrogen-bond donors (Lipinski definition) is 1. The van der Waals surface area contributed by atoms with Crippen molar-refractivity contribution in [1.82, 2.24) is 5.32 Å². The molecule has 1 saturated heterocycles. The number of anilines is 1. The zero-order valence-electron chi connectivity index (χ0n) is 13.8. The van der Waals surface area contributed by atoms with Gasteiger partial charge in [0.1, 0.15) is 5.54 Å². The minimum Gasteiger partial charge on any atom is -0.467 e. The van der Waals surface area contributed by atoms with Crippen molar-refractivity contribution in [2.75, 3.05) is 12.0 Å². The van der Waals surface area contributed by atoms with Crippen LogP contribution in [0, 0.1) is 0 Å². The molecule has 4 nitrogen and oxygen atoms in total. The predicted molar refractivity (Wildman–Crippen MR) is 91.9 cm³/mol. The molecule has 2 aromatic carbocycles. The normalized spacial score (nSPS) is 32.1. The van der Waals surface area contributed by atoms with E-state index >= 15 is 0 Å². The molecule has 3 heterocycles. The first kappa shape index (κ1) is 14.1. The second kappa shape index (κ2) is 4.61. The lowest BCUT2D eigenvalue weighted by Gasteiger charge is -2.53. The molecule has 0 aromatic heterocycles. The number of ether oxygens (including phenoxy) is 1. The zero-order chi connectivity index (χ0) is 16.5. The Kier molecular flexibility index (Phi) is 2.70. The van der Waals surface area contributed by atoms with E-state index < -0.39 is 5.54 Å². The molecule has 3 aliphatic rings. The molecular formula is C20H20N2O2. The van der Waals surface area contributed by atoms with E-state index in [1.54, 1.807) is 0 Å². The van der Waals surface area contributed by atoms with Crippen molar-refractivity contribution in [2.24, 2.45) is 0 Å². The maximum absolute atomic E-state index is 12.7. The van der Waals surface area contributed by atoms with Crippen LogP contribution in [0.15, 0.2) is 48.5 Å². The molecule has 0 spiro atoms. The fraction of sp³-hybridized carbons (Fsp3) is 0.350. The molecule has 4 atom stereocenters. The zero-order valence-corrected chi connectivity index (χ0v) is 13.8. The molecule has 3 aliphatic heterocycles. The van der Waals surface area contributed by atoms with Crippen LogP contribution in [0.5, 0.6) is 0 Å². The number of esters is 1. The van der Waals surface area contributed by atoms with Gasteiger partial charge in [0.2, 0.25) is 0 Å². The number of benzene rings is 2. The van der Waals surface area contributed by atoms with E-state index in [1.807, 2.05) is 13.0 Å². The van der Waals surface area contributed by atoms with Crippen molar-refractivity contribution in [3.8, 4) is 0 Å². The van der Waals surface area contributed by atoms with Gasteiger partial charge >= 0.3 is 5.97 Å². The molecule has 24 heavy (non-hydrogen) atoms. The van der Waals surface area contributed by atoms with E-state index in [1.165, 1.54) is 23.8 Å². The van der Waals surface area contributed by atoms with Crippen LogP contribution in [-0.2, 0) is 9.53 Å². The molecule has 1 fully saturated rings. The molecule has 122 valence electrons. The summed E-state index contributed by atoms with van der Waals surface area (Å²) in [6.45, 7) is 2.02. The highest BCUT2D eigenvalue weighted by molar-refractivity contribution is 5.88. The molecule has 2 aromatic rings. The maximum Gasteiger partial charge on any atom is 0.331 e. The lowest BCUT2D eigenvalue weighted by molar-refractivity contribution is -0.148. The van der Waals surface area contributed by atoms with Crippen LogP contribution < -0.4 is 10.2 Å². The highest BCUT2D eigenvalue weighted by Crippen LogP contribution is 2.55. The number of carbonyl (C=O) groups excluding carboxylic acids is 1. The molecule has 1 N–H and O–H groups in total. The van der Waals surface area contributed by atoms with Gasteiger partial charge in [-0.3, -0.25) is 5.32 Å². The Morgan fingerprint density at radius 1 is 1.12 bits per heavy atom. The molecular weight excluding hydrogens is 300 g/mol. The Morgan fingerprint density at radius 3 is 2.54 bits per heavy atom. The number of rotatable bonds is 1. The van der Waals surface area contributed by atoms with E-state index in [-0.39, 0.29) is 24.1 Å². The summed E-state index contributed by atoms with van der Waals surface area (Å²) in [6, 6.07) is 17.3. The summed E-state index contributed by atoms with van der Waals surface area (Å²) in [5.74, 6) is 0.0896. The topological polar surface area (TPSA) is 41.6 Å². The molecule has 0 unspecified atom stereocenters. The quantitative estimate of drug-likeness (QED) is 0.820. The summed E-state index contributed by atoms with van der Waals surface area (Å²) in [6.07, 6.45) is 0.800. The van der Waals surface area contributed by atoms with Gasteiger partial charge in [0.25, 0.3) is 0 Å². The van der Waals surface area contributed by atoms with E-state index in [0.29, 0.717) is 6.42 Å². The van der Waals surface area contributed by atoms with E-state index in [4.69, 9.17) is 4.74 Å². The number of hydrogen-bond acceptors (Lipinski definition) is 4. The number of fused-ring (bicyclic) bond motifs is 7. The number of nitrogens with one attached hydrogen (secondary N) is 1. The van der Waals surface area contributed by atoms with Crippen LogP contribution in [0.2, 0.25) is 0 Å². The number of para-hydroxylation sites is 1. The molecule has 2 bridgehead atoms. The van der Waals surface area contributed by atoms with Crippen molar-refractivity contribution in [3.63, 3.8) is 0 Å². The maximum atomic E-state index is 12.7. The Balaban J connectivity index is 1.81. The van der Waals surface area contributed by atoms with Crippen molar-refractivity contribution < 1.29 is 9.53 Å². The minimum absolute atomic E-state index is 0.0974. The van der Waals surface area contributed by atoms with Gasteiger partial charge in [-0.25, -0.2) is 4.79 Å². The molecule has 5 rings (SSSR count). The van der Waals surface area contributed by atoms with Gasteiger partial charge in [0, 0.05) is 24.1 Å². The third-order valence-electron chi connectivity index (χ3n) is 5.96. The third-order valence-corrected chi connectivity index (χ3v) is 5.96. The van der Waals surface area contributed by atoms with Gasteiger partial charge in [0.05, 0.1) is 13.3 Å². The summed E-state index contributed by atoms with van der Waals surface area (Å²) in [7, 11) is 1.48. The van der Waals surface area contributed by atoms with Crippen molar-refractivity contribution in [3.05, 3.63) is 65.2 Å². The van der Waals surface area contributed by atoms with Gasteiger partial charge < -0.3 is 9.64 Å². The van der Waals surface area contributed by atoms with Gasteiger partial charge in [0.15, 0.2) is 0 Å². The van der Waals surface area contributed by atoms with Gasteiger partial charge in [-0.1, -0.05) is 42.5 Å². The van der Waals surface area contributed by atoms with Crippen molar-refractivity contribution in [2.45, 2.75) is 37.0 Å². The van der Waals surface area contributed by atoms with Crippen LogP contribution >= 0.6 is 0 Å². The highest BCUT2D eigenvalue weighted by atomic mass is 16.5. The standard InChI is InChI=1S/C20H20N2O2/c1-20(19(23)24-2)11-15-12-7-3-4-8-13(12)17-14-9-5-6-10-16(14)22(20)18(17)21-15/h3-10,15,17-18,21H,11H2,1-2H3/t15-,17+,18-,20-/m0/s1. The van der Waals surface area contributed by atoms with Crippen LogP contribution in [0.1, 0.15) is 42.0 Å². The molecule has 0 aliphatic carbocycles. The van der Waals surface area contributed by atoms with Crippen LogP contribution in [0.4, 0.5) is 5.69 Å². The summed E-state index contributed by atoms with van der Waals surface area (Å²) in [5, 5.41) is 3.77. The number of nitrogens with zero attached hydrogens (tertiary/aromatic N) is 1. The second-order valence-electron chi connectivity index (χ2n) is 7.17. The molecule has 0 amide bonds. The van der Waals surface area contributed by atoms with Crippen molar-refractivity contribution in [1.29, 1.82) is 0 Å². The third kappa shape index (κ3) is 1.54. The summed E-state index contributed by atoms with van der Waals surface area (Å²) < 4.78 is 5.20. The van der Waals surface area contributed by atoms with E-state index in [0.717, 1.165) is 5.69 Å². The first-order valence-electron chi connectivity index (χ1n) is 8.47. The Hall–Kier alpha value is -2.33. The average Bonchev–Trinajstić information content (AvgIpc) is 2.97. The average molecular weight is 320 g/mol. The van der Waals surface area contributed by atoms with Crippen LogP contribution in [-0.4, -0.2) is 24.8 Å². The van der Waals surface area contributed by atoms with Crippen molar-refractivity contribution >= 4 is 11.7 Å². The monoisotopic (exact) mass is 320 g/mol. The van der Waals surface area contributed by atoms with Gasteiger partial charge in [-0.2, -0.15) is 0 Å². The van der Waals surface area contributed by atoms with E-state index in [2.05, 4.69) is 52.7 Å². The molecule has 4 heteroatoms. The van der Waals surface area contributed by atoms with E-state index in [9.17, 15) is 4.79 Å². The first-order chi connectivity index (χ1) is 11.6. The summed E-state index contributed by atoms with van der Waals surface area (Å²) in [4.78, 5) is 15.0. The Morgan fingerprint density at radius 2 is 1.79 bits per heavy atom. The fourth-order valence-electron chi connectivity index (χ4n) is 4.99. The Bertz CT molecular complexity index is 849. The van der Waals surface area contributed by atoms with Gasteiger partial charge in [-0.05, 0) is 29.7 Å². The predicted octanol–water partition coefficient (Wildman–Crippen LogP) is 2.94. The molecule has 0 radical (unpaired) electrons. The smallest absolute Gasteiger partial charge is 0.331 e. The lowest BCUT2D eigenvalue weighted by atomic mass is 9.75. The highest BCUT2D eigenvalue weighted by Gasteiger charge is 2.58. The lowest BCUT2D eigenvalue weighted by Crippen LogP contribution is -2.67. The van der Waals surface area contributed by atoms with Gasteiger partial charge in [-0.15, -0.1) is 0 Å². The fourth-order valence-corrected chi connectivity index (χ4v) is 4.99. The minimum atomic E-state index is -0.659. The number of carbonyl (C=O) groups is 1. The van der Waals surface area contributed by atoms with Crippen LogP contribution in [0.3, 0.4) is 0 Å². The Labute approximate surface area is 141 Å². The number of methoxy groups -OCH3 is 1. The summed E-state index contributed by atoms with van der Waals surface area (Å²) >= 11 is 0.